The lowest BCUT2D eigenvalue weighted by molar-refractivity contribution is 0.0184. The molecule has 1 saturated heterocycles. The predicted octanol–water partition coefficient (Wildman–Crippen LogP) is 2.66. The third kappa shape index (κ3) is 4.52. The molecule has 1 rings (SSSR count). The van der Waals surface area contributed by atoms with Crippen LogP contribution in [0.4, 0.5) is 0 Å². The molecular formula is C15H32N2O. The van der Waals surface area contributed by atoms with Crippen LogP contribution in [0.2, 0.25) is 0 Å². The molecule has 1 atom stereocenters. The standard InChI is InChI=1S/C15H32N2O/c1-5-10-16-14(13-18-6-2)15(3,4)17-11-8-7-9-12-17/h14,16H,5-13H2,1-4H3. The van der Waals surface area contributed by atoms with E-state index in [0.29, 0.717) is 6.04 Å². The van der Waals surface area contributed by atoms with Gasteiger partial charge in [-0.2, -0.15) is 0 Å². The molecule has 0 amide bonds. The van der Waals surface area contributed by atoms with Gasteiger partial charge in [0.05, 0.1) is 6.61 Å². The number of hydrogen-bond donors (Lipinski definition) is 1. The van der Waals surface area contributed by atoms with Crippen molar-refractivity contribution in [1.82, 2.24) is 10.2 Å². The lowest BCUT2D eigenvalue weighted by Crippen LogP contribution is -2.60. The molecule has 1 N–H and O–H groups in total. The monoisotopic (exact) mass is 256 g/mol. The minimum absolute atomic E-state index is 0.185. The third-order valence-electron chi connectivity index (χ3n) is 4.15. The van der Waals surface area contributed by atoms with Gasteiger partial charge < -0.3 is 10.1 Å². The van der Waals surface area contributed by atoms with Crippen LogP contribution >= 0.6 is 0 Å². The lowest BCUT2D eigenvalue weighted by Gasteiger charge is -2.46. The normalized spacial score (nSPS) is 20.0. The quantitative estimate of drug-likeness (QED) is 0.722. The molecular weight excluding hydrogens is 224 g/mol. The summed E-state index contributed by atoms with van der Waals surface area (Å²) < 4.78 is 5.68. The Hall–Kier alpha value is -0.120. The van der Waals surface area contributed by atoms with Crippen molar-refractivity contribution in [1.29, 1.82) is 0 Å². The van der Waals surface area contributed by atoms with Gasteiger partial charge in [0.25, 0.3) is 0 Å². The Bertz CT molecular complexity index is 205. The molecule has 3 nitrogen and oxygen atoms in total. The molecule has 0 saturated carbocycles. The van der Waals surface area contributed by atoms with Gasteiger partial charge >= 0.3 is 0 Å². The Morgan fingerprint density at radius 1 is 1.17 bits per heavy atom. The summed E-state index contributed by atoms with van der Waals surface area (Å²) in [6.45, 7) is 14.2. The van der Waals surface area contributed by atoms with Crippen molar-refractivity contribution in [3.63, 3.8) is 0 Å². The highest BCUT2D eigenvalue weighted by Gasteiger charge is 2.35. The summed E-state index contributed by atoms with van der Waals surface area (Å²) in [5, 5.41) is 3.68. The van der Waals surface area contributed by atoms with E-state index in [-0.39, 0.29) is 5.54 Å². The van der Waals surface area contributed by atoms with E-state index >= 15 is 0 Å². The molecule has 0 aromatic carbocycles. The maximum Gasteiger partial charge on any atom is 0.0637 e. The molecule has 0 aromatic heterocycles. The van der Waals surface area contributed by atoms with E-state index in [0.717, 1.165) is 19.8 Å². The van der Waals surface area contributed by atoms with Crippen molar-refractivity contribution in [3.05, 3.63) is 0 Å². The molecule has 0 spiro atoms. The Morgan fingerprint density at radius 3 is 2.39 bits per heavy atom. The first-order valence-electron chi connectivity index (χ1n) is 7.69. The molecule has 1 aliphatic rings. The van der Waals surface area contributed by atoms with Crippen molar-refractivity contribution >= 4 is 0 Å². The Morgan fingerprint density at radius 2 is 1.83 bits per heavy atom. The highest BCUT2D eigenvalue weighted by Crippen LogP contribution is 2.24. The van der Waals surface area contributed by atoms with Gasteiger partial charge in [-0.1, -0.05) is 13.3 Å². The first kappa shape index (κ1) is 15.9. The zero-order chi connectivity index (χ0) is 13.4. The number of rotatable bonds is 8. The second kappa shape index (κ2) is 8.13. The molecule has 3 heteroatoms. The van der Waals surface area contributed by atoms with Gasteiger partial charge in [-0.05, 0) is 59.7 Å². The molecule has 108 valence electrons. The number of nitrogens with zero attached hydrogens (tertiary/aromatic N) is 1. The summed E-state index contributed by atoms with van der Waals surface area (Å²) in [6.07, 6.45) is 5.26. The van der Waals surface area contributed by atoms with Crippen LogP contribution in [0.1, 0.15) is 53.4 Å². The van der Waals surface area contributed by atoms with E-state index < -0.39 is 0 Å². The van der Waals surface area contributed by atoms with E-state index in [4.69, 9.17) is 4.74 Å². The minimum atomic E-state index is 0.185. The van der Waals surface area contributed by atoms with Crippen molar-refractivity contribution < 1.29 is 4.74 Å². The maximum absolute atomic E-state index is 5.68. The van der Waals surface area contributed by atoms with E-state index in [9.17, 15) is 0 Å². The summed E-state index contributed by atoms with van der Waals surface area (Å²) in [5.74, 6) is 0. The SMILES string of the molecule is CCCNC(COCC)C(C)(C)N1CCCCC1. The van der Waals surface area contributed by atoms with Crippen molar-refractivity contribution in [2.24, 2.45) is 0 Å². The van der Waals surface area contributed by atoms with E-state index in [1.165, 1.54) is 38.8 Å². The highest BCUT2D eigenvalue weighted by molar-refractivity contribution is 4.94. The minimum Gasteiger partial charge on any atom is -0.380 e. The fourth-order valence-electron chi connectivity index (χ4n) is 2.76. The van der Waals surface area contributed by atoms with Crippen LogP contribution in [0.25, 0.3) is 0 Å². The van der Waals surface area contributed by atoms with Crippen molar-refractivity contribution in [2.45, 2.75) is 65.0 Å². The molecule has 0 radical (unpaired) electrons. The molecule has 1 heterocycles. The Labute approximate surface area is 113 Å². The summed E-state index contributed by atoms with van der Waals surface area (Å²) in [7, 11) is 0. The molecule has 1 fully saturated rings. The number of nitrogens with one attached hydrogen (secondary N) is 1. The fourth-order valence-corrected chi connectivity index (χ4v) is 2.76. The molecule has 0 aromatic rings. The van der Waals surface area contributed by atoms with Gasteiger partial charge in [0.15, 0.2) is 0 Å². The van der Waals surface area contributed by atoms with Crippen LogP contribution in [0.5, 0.6) is 0 Å². The van der Waals surface area contributed by atoms with Crippen LogP contribution < -0.4 is 5.32 Å². The summed E-state index contributed by atoms with van der Waals surface area (Å²) >= 11 is 0. The van der Waals surface area contributed by atoms with Crippen molar-refractivity contribution in [3.8, 4) is 0 Å². The van der Waals surface area contributed by atoms with Gasteiger partial charge in [-0.3, -0.25) is 4.90 Å². The summed E-state index contributed by atoms with van der Waals surface area (Å²) in [6, 6.07) is 0.426. The fraction of sp³-hybridized carbons (Fsp3) is 1.00. The highest BCUT2D eigenvalue weighted by atomic mass is 16.5. The molecule has 1 aliphatic heterocycles. The number of likely N-dealkylation sites (tertiary alicyclic amines) is 1. The topological polar surface area (TPSA) is 24.5 Å². The largest absolute Gasteiger partial charge is 0.380 e. The third-order valence-corrected chi connectivity index (χ3v) is 4.15. The van der Waals surface area contributed by atoms with Gasteiger partial charge in [0, 0.05) is 18.2 Å². The number of hydrogen-bond acceptors (Lipinski definition) is 3. The number of piperidine rings is 1. The first-order chi connectivity index (χ1) is 8.62. The predicted molar refractivity (Wildman–Crippen MR) is 78.1 cm³/mol. The molecule has 0 bridgehead atoms. The average Bonchev–Trinajstić information content (AvgIpc) is 2.39. The van der Waals surface area contributed by atoms with Gasteiger partial charge in [-0.25, -0.2) is 0 Å². The van der Waals surface area contributed by atoms with E-state index in [2.05, 4.69) is 37.9 Å². The summed E-state index contributed by atoms with van der Waals surface area (Å²) in [5.41, 5.74) is 0.185. The van der Waals surface area contributed by atoms with Gasteiger partial charge in [-0.15, -0.1) is 0 Å². The summed E-state index contributed by atoms with van der Waals surface area (Å²) in [4.78, 5) is 2.64. The van der Waals surface area contributed by atoms with Gasteiger partial charge in [0.1, 0.15) is 0 Å². The smallest absolute Gasteiger partial charge is 0.0637 e. The van der Waals surface area contributed by atoms with E-state index in [1.54, 1.807) is 0 Å². The number of ether oxygens (including phenoxy) is 1. The van der Waals surface area contributed by atoms with Crippen LogP contribution in [0.15, 0.2) is 0 Å². The van der Waals surface area contributed by atoms with Crippen LogP contribution in [0, 0.1) is 0 Å². The maximum atomic E-state index is 5.68. The van der Waals surface area contributed by atoms with Crippen LogP contribution in [-0.2, 0) is 4.74 Å². The molecule has 18 heavy (non-hydrogen) atoms. The van der Waals surface area contributed by atoms with Crippen molar-refractivity contribution in [2.75, 3.05) is 32.8 Å². The first-order valence-corrected chi connectivity index (χ1v) is 7.69. The average molecular weight is 256 g/mol. The van der Waals surface area contributed by atoms with Crippen LogP contribution in [-0.4, -0.2) is 49.3 Å². The van der Waals surface area contributed by atoms with E-state index in [1.807, 2.05) is 0 Å². The Balaban J connectivity index is 2.60. The zero-order valence-corrected chi connectivity index (χ0v) is 12.8. The molecule has 0 aliphatic carbocycles. The zero-order valence-electron chi connectivity index (χ0n) is 12.8. The lowest BCUT2D eigenvalue weighted by atomic mass is 9.90. The second-order valence-corrected chi connectivity index (χ2v) is 5.87. The second-order valence-electron chi connectivity index (χ2n) is 5.87. The van der Waals surface area contributed by atoms with Gasteiger partial charge in [0.2, 0.25) is 0 Å². The van der Waals surface area contributed by atoms with Crippen LogP contribution in [0.3, 0.4) is 0 Å². The molecule has 1 unspecified atom stereocenters. The Kier molecular flexibility index (Phi) is 7.20.